The molecule has 0 spiro atoms. The molecule has 6 heteroatoms. The number of nitrogens with zero attached hydrogens (tertiary/aromatic N) is 2. The number of oxime groups is 1. The van der Waals surface area contributed by atoms with E-state index in [4.69, 9.17) is 15.3 Å². The molecule has 0 aromatic carbocycles. The summed E-state index contributed by atoms with van der Waals surface area (Å²) in [5, 5.41) is 16.5. The summed E-state index contributed by atoms with van der Waals surface area (Å²) in [6, 6.07) is 0. The van der Waals surface area contributed by atoms with Crippen LogP contribution < -0.4 is 5.73 Å². The fourth-order valence-electron chi connectivity index (χ4n) is 9.59. The smallest absolute Gasteiger partial charge is 0.129 e. The van der Waals surface area contributed by atoms with Crippen LogP contribution in [-0.4, -0.2) is 67.3 Å². The van der Waals surface area contributed by atoms with Crippen LogP contribution in [0.3, 0.4) is 0 Å². The van der Waals surface area contributed by atoms with Crippen LogP contribution in [0, 0.1) is 34.5 Å². The summed E-state index contributed by atoms with van der Waals surface area (Å²) in [6.45, 7) is 12.5. The summed E-state index contributed by atoms with van der Waals surface area (Å²) in [5.41, 5.74) is 6.35. The second-order valence-corrected chi connectivity index (χ2v) is 13.6. The average molecular weight is 516 g/mol. The number of ether oxygens (including phenoxy) is 1. The van der Waals surface area contributed by atoms with Gasteiger partial charge in [0.05, 0.1) is 24.5 Å². The molecule has 5 aliphatic rings. The number of hydrogen-bond acceptors (Lipinski definition) is 6. The van der Waals surface area contributed by atoms with Gasteiger partial charge in [-0.2, -0.15) is 0 Å². The number of fused-ring (bicyclic) bond motifs is 5. The van der Waals surface area contributed by atoms with Crippen molar-refractivity contribution < 1.29 is 14.7 Å². The van der Waals surface area contributed by atoms with Crippen LogP contribution in [-0.2, 0) is 9.57 Å². The standard InChI is InChI=1S/C31H53N3O3/c1-23(22-33-37-18-14-32)20-25-8-13-31(35)28-7-6-24-21-26(36-19-17-34-15-4-5-16-34)9-11-29(24,2)27(28)10-12-30(25,31)3/h20,22,24-28,35H,4-19,21,32H2,1-3H3/b23-20+,33-22+/t24-,25-,26+,27+,28-,29+,30-,31+/m1/s1. The topological polar surface area (TPSA) is 80.3 Å². The Kier molecular flexibility index (Phi) is 8.41. The third-order valence-corrected chi connectivity index (χ3v) is 11.8. The zero-order valence-corrected chi connectivity index (χ0v) is 23.8. The van der Waals surface area contributed by atoms with E-state index in [0.29, 0.717) is 42.4 Å². The molecular formula is C31H53N3O3. The minimum atomic E-state index is -0.554. The van der Waals surface area contributed by atoms with Gasteiger partial charge in [0, 0.05) is 18.5 Å². The van der Waals surface area contributed by atoms with E-state index in [1.165, 1.54) is 64.5 Å². The summed E-state index contributed by atoms with van der Waals surface area (Å²) in [5.74, 6) is 2.21. The first kappa shape index (κ1) is 27.6. The molecule has 6 nitrogen and oxygen atoms in total. The maximum atomic E-state index is 12.4. The van der Waals surface area contributed by atoms with Crippen LogP contribution in [0.2, 0.25) is 0 Å². The maximum Gasteiger partial charge on any atom is 0.129 e. The third kappa shape index (κ3) is 5.17. The molecule has 8 atom stereocenters. The van der Waals surface area contributed by atoms with E-state index in [1.807, 2.05) is 0 Å². The molecule has 1 aliphatic heterocycles. The van der Waals surface area contributed by atoms with Gasteiger partial charge in [0.1, 0.15) is 6.61 Å². The van der Waals surface area contributed by atoms with Gasteiger partial charge >= 0.3 is 0 Å². The van der Waals surface area contributed by atoms with E-state index in [1.54, 1.807) is 6.21 Å². The van der Waals surface area contributed by atoms with E-state index < -0.39 is 5.60 Å². The Morgan fingerprint density at radius 2 is 1.84 bits per heavy atom. The Morgan fingerprint density at radius 3 is 2.62 bits per heavy atom. The summed E-state index contributed by atoms with van der Waals surface area (Å²) in [4.78, 5) is 7.76. The summed E-state index contributed by atoms with van der Waals surface area (Å²) >= 11 is 0. The minimum absolute atomic E-state index is 0.0551. The Bertz CT molecular complexity index is 842. The molecule has 5 rings (SSSR count). The zero-order valence-electron chi connectivity index (χ0n) is 23.8. The molecule has 5 fully saturated rings. The molecule has 4 aliphatic carbocycles. The number of likely N-dealkylation sites (tertiary alicyclic amines) is 1. The fourth-order valence-corrected chi connectivity index (χ4v) is 9.59. The van der Waals surface area contributed by atoms with Crippen LogP contribution in [0.1, 0.15) is 91.4 Å². The second-order valence-electron chi connectivity index (χ2n) is 13.6. The largest absolute Gasteiger partial charge is 0.394 e. The normalized spacial score (nSPS) is 44.6. The molecule has 0 unspecified atom stereocenters. The predicted molar refractivity (Wildman–Crippen MR) is 149 cm³/mol. The highest BCUT2D eigenvalue weighted by Gasteiger charge is 2.66. The summed E-state index contributed by atoms with van der Waals surface area (Å²) in [6.07, 6.45) is 17.8. The predicted octanol–water partition coefficient (Wildman–Crippen LogP) is 5.15. The van der Waals surface area contributed by atoms with E-state index in [9.17, 15) is 5.11 Å². The molecule has 0 radical (unpaired) electrons. The SMILES string of the molecule is CC(/C=N/OCCN)=C\[C@H]1CC[C@]2(O)[C@@H]3CC[C@@H]4C[C@@H](OCCN5CCCC5)CC[C@]4(C)[C@H]3CC[C@]12C. The molecule has 0 aromatic rings. The van der Waals surface area contributed by atoms with E-state index >= 15 is 0 Å². The summed E-state index contributed by atoms with van der Waals surface area (Å²) < 4.78 is 6.45. The minimum Gasteiger partial charge on any atom is -0.394 e. The van der Waals surface area contributed by atoms with Crippen molar-refractivity contribution in [1.29, 1.82) is 0 Å². The van der Waals surface area contributed by atoms with Gasteiger partial charge < -0.3 is 25.3 Å². The van der Waals surface area contributed by atoms with Crippen molar-refractivity contribution in [3.63, 3.8) is 0 Å². The van der Waals surface area contributed by atoms with Gasteiger partial charge in [-0.05, 0) is 125 Å². The lowest BCUT2D eigenvalue weighted by Gasteiger charge is -2.63. The average Bonchev–Trinajstić information content (AvgIpc) is 3.49. The van der Waals surface area contributed by atoms with Gasteiger partial charge in [-0.1, -0.05) is 25.1 Å². The number of aliphatic hydroxyl groups is 1. The fraction of sp³-hybridized carbons (Fsp3) is 0.903. The highest BCUT2D eigenvalue weighted by Crippen LogP contribution is 2.69. The Balaban J connectivity index is 1.22. The molecular weight excluding hydrogens is 462 g/mol. The van der Waals surface area contributed by atoms with Crippen LogP contribution in [0.25, 0.3) is 0 Å². The second kappa shape index (κ2) is 11.3. The van der Waals surface area contributed by atoms with Crippen LogP contribution >= 0.6 is 0 Å². The molecule has 0 amide bonds. The number of hydrogen-bond donors (Lipinski definition) is 2. The molecule has 1 heterocycles. The van der Waals surface area contributed by atoms with Crippen molar-refractivity contribution in [3.8, 4) is 0 Å². The number of rotatable bonds is 9. The van der Waals surface area contributed by atoms with Crippen molar-refractivity contribution in [3.05, 3.63) is 11.6 Å². The Morgan fingerprint density at radius 1 is 1.03 bits per heavy atom. The van der Waals surface area contributed by atoms with E-state index in [-0.39, 0.29) is 5.41 Å². The van der Waals surface area contributed by atoms with Crippen LogP contribution in [0.4, 0.5) is 0 Å². The van der Waals surface area contributed by atoms with Crippen molar-refractivity contribution in [2.75, 3.05) is 39.4 Å². The van der Waals surface area contributed by atoms with Gasteiger partial charge in [-0.15, -0.1) is 0 Å². The van der Waals surface area contributed by atoms with Crippen molar-refractivity contribution in [2.45, 2.75) is 103 Å². The lowest BCUT2D eigenvalue weighted by atomic mass is 9.43. The van der Waals surface area contributed by atoms with Gasteiger partial charge in [-0.3, -0.25) is 0 Å². The van der Waals surface area contributed by atoms with E-state index in [2.05, 4.69) is 36.9 Å². The molecule has 3 N–H and O–H groups in total. The monoisotopic (exact) mass is 515 g/mol. The van der Waals surface area contributed by atoms with Gasteiger partial charge in [0.2, 0.25) is 0 Å². The Hall–Kier alpha value is -0.950. The zero-order chi connectivity index (χ0) is 26.1. The van der Waals surface area contributed by atoms with E-state index in [0.717, 1.165) is 43.9 Å². The number of allylic oxidation sites excluding steroid dienone is 2. The summed E-state index contributed by atoms with van der Waals surface area (Å²) in [7, 11) is 0. The third-order valence-electron chi connectivity index (χ3n) is 11.8. The van der Waals surface area contributed by atoms with Crippen molar-refractivity contribution in [2.24, 2.45) is 45.4 Å². The van der Waals surface area contributed by atoms with Crippen molar-refractivity contribution in [1.82, 2.24) is 4.90 Å². The van der Waals surface area contributed by atoms with Crippen LogP contribution in [0.5, 0.6) is 0 Å². The first-order valence-electron chi connectivity index (χ1n) is 15.4. The number of nitrogens with two attached hydrogens (primary N) is 1. The molecule has 0 aromatic heterocycles. The Labute approximate surface area is 225 Å². The van der Waals surface area contributed by atoms with Gasteiger partial charge in [-0.25, -0.2) is 0 Å². The highest BCUT2D eigenvalue weighted by molar-refractivity contribution is 5.77. The van der Waals surface area contributed by atoms with Gasteiger partial charge in [0.25, 0.3) is 0 Å². The first-order valence-corrected chi connectivity index (χ1v) is 15.4. The van der Waals surface area contributed by atoms with Crippen molar-refractivity contribution >= 4 is 6.21 Å². The molecule has 37 heavy (non-hydrogen) atoms. The highest BCUT2D eigenvalue weighted by atomic mass is 16.6. The lowest BCUT2D eigenvalue weighted by Crippen LogP contribution is -2.62. The molecule has 0 bridgehead atoms. The maximum absolute atomic E-state index is 12.4. The first-order chi connectivity index (χ1) is 17.8. The quantitative estimate of drug-likeness (QED) is 0.252. The van der Waals surface area contributed by atoms with Crippen LogP contribution in [0.15, 0.2) is 16.8 Å². The molecule has 210 valence electrons. The molecule has 1 saturated heterocycles. The molecule has 4 saturated carbocycles. The lowest BCUT2D eigenvalue weighted by molar-refractivity contribution is -0.209. The van der Waals surface area contributed by atoms with Gasteiger partial charge in [0.15, 0.2) is 0 Å².